The summed E-state index contributed by atoms with van der Waals surface area (Å²) in [5, 5.41) is 6.59. The Morgan fingerprint density at radius 2 is 1.70 bits per heavy atom. The third kappa shape index (κ3) is 4.73. The Morgan fingerprint density at radius 3 is 2.50 bits per heavy atom. The maximum absolute atomic E-state index is 12.2. The van der Waals surface area contributed by atoms with E-state index in [-0.39, 0.29) is 12.3 Å². The third-order valence-electron chi connectivity index (χ3n) is 4.79. The van der Waals surface area contributed by atoms with Crippen molar-refractivity contribution in [2.75, 3.05) is 0 Å². The molecule has 0 aliphatic carbocycles. The van der Waals surface area contributed by atoms with Crippen LogP contribution >= 0.6 is 23.2 Å². The van der Waals surface area contributed by atoms with Crippen molar-refractivity contribution in [2.45, 2.75) is 13.0 Å². The van der Waals surface area contributed by atoms with Gasteiger partial charge in [0.15, 0.2) is 0 Å². The lowest BCUT2D eigenvalue weighted by Gasteiger charge is -2.07. The highest BCUT2D eigenvalue weighted by molar-refractivity contribution is 6.31. The Balaban J connectivity index is 1.50. The molecule has 0 unspecified atom stereocenters. The van der Waals surface area contributed by atoms with E-state index in [4.69, 9.17) is 23.2 Å². The number of hydrogen-bond donors (Lipinski definition) is 1. The first-order valence-corrected chi connectivity index (χ1v) is 10.2. The molecule has 0 bridgehead atoms. The second-order valence-corrected chi connectivity index (χ2v) is 7.76. The molecule has 1 heterocycles. The summed E-state index contributed by atoms with van der Waals surface area (Å²) in [6.45, 7) is 0.650. The van der Waals surface area contributed by atoms with Crippen molar-refractivity contribution in [2.24, 2.45) is 5.10 Å². The van der Waals surface area contributed by atoms with Gasteiger partial charge < -0.3 is 4.57 Å². The first kappa shape index (κ1) is 20.2. The molecule has 4 aromatic rings. The minimum Gasteiger partial charge on any atom is -0.342 e. The van der Waals surface area contributed by atoms with Crippen LogP contribution in [0.25, 0.3) is 10.9 Å². The summed E-state index contributed by atoms with van der Waals surface area (Å²) in [5.74, 6) is -0.187. The SMILES string of the molecule is O=C(Cc1ccc(Cl)cc1)N/N=C\c1cn(Cc2ccccc2Cl)c2ccccc12. The maximum atomic E-state index is 12.2. The Morgan fingerprint density at radius 1 is 0.967 bits per heavy atom. The number of amides is 1. The van der Waals surface area contributed by atoms with Crippen molar-refractivity contribution in [3.8, 4) is 0 Å². The molecule has 0 radical (unpaired) electrons. The second kappa shape index (κ2) is 9.16. The van der Waals surface area contributed by atoms with Crippen molar-refractivity contribution in [3.63, 3.8) is 0 Å². The lowest BCUT2D eigenvalue weighted by Crippen LogP contribution is -2.19. The van der Waals surface area contributed by atoms with Gasteiger partial charge in [0, 0.05) is 39.3 Å². The molecule has 0 aliphatic heterocycles. The number of nitrogens with zero attached hydrogens (tertiary/aromatic N) is 2. The monoisotopic (exact) mass is 435 g/mol. The van der Waals surface area contributed by atoms with Gasteiger partial charge in [0.2, 0.25) is 5.91 Å². The van der Waals surface area contributed by atoms with E-state index in [9.17, 15) is 4.79 Å². The molecule has 0 spiro atoms. The van der Waals surface area contributed by atoms with Crippen LogP contribution in [0.15, 0.2) is 84.1 Å². The summed E-state index contributed by atoms with van der Waals surface area (Å²) in [4.78, 5) is 12.2. The minimum absolute atomic E-state index is 0.187. The van der Waals surface area contributed by atoms with Crippen LogP contribution in [0.2, 0.25) is 10.0 Å². The molecule has 30 heavy (non-hydrogen) atoms. The van der Waals surface area contributed by atoms with E-state index in [1.54, 1.807) is 18.3 Å². The second-order valence-electron chi connectivity index (χ2n) is 6.92. The van der Waals surface area contributed by atoms with E-state index in [0.717, 1.165) is 32.6 Å². The van der Waals surface area contributed by atoms with Crippen molar-refractivity contribution >= 4 is 46.2 Å². The van der Waals surface area contributed by atoms with Crippen molar-refractivity contribution in [3.05, 3.63) is 106 Å². The average molecular weight is 436 g/mol. The molecule has 1 amide bonds. The molecule has 4 nitrogen and oxygen atoms in total. The highest BCUT2D eigenvalue weighted by Gasteiger charge is 2.09. The van der Waals surface area contributed by atoms with Gasteiger partial charge >= 0.3 is 0 Å². The van der Waals surface area contributed by atoms with Crippen LogP contribution in [0, 0.1) is 0 Å². The first-order valence-electron chi connectivity index (χ1n) is 9.48. The molecule has 1 aromatic heterocycles. The molecule has 0 fully saturated rings. The zero-order valence-electron chi connectivity index (χ0n) is 16.1. The highest BCUT2D eigenvalue weighted by Crippen LogP contribution is 2.23. The zero-order chi connectivity index (χ0) is 20.9. The summed E-state index contributed by atoms with van der Waals surface area (Å²) in [6, 6.07) is 23.1. The number of fused-ring (bicyclic) bond motifs is 1. The number of carbonyl (C=O) groups excluding carboxylic acids is 1. The number of para-hydroxylation sites is 1. The van der Waals surface area contributed by atoms with Gasteiger partial charge in [0.05, 0.1) is 12.6 Å². The summed E-state index contributed by atoms with van der Waals surface area (Å²) < 4.78 is 2.13. The van der Waals surface area contributed by atoms with Gasteiger partial charge in [-0.3, -0.25) is 4.79 Å². The predicted molar refractivity (Wildman–Crippen MR) is 123 cm³/mol. The molecule has 3 aromatic carbocycles. The maximum Gasteiger partial charge on any atom is 0.244 e. The van der Waals surface area contributed by atoms with Crippen molar-refractivity contribution in [1.29, 1.82) is 0 Å². The van der Waals surface area contributed by atoms with E-state index in [2.05, 4.69) is 21.2 Å². The third-order valence-corrected chi connectivity index (χ3v) is 5.41. The topological polar surface area (TPSA) is 46.4 Å². The van der Waals surface area contributed by atoms with Crippen LogP contribution < -0.4 is 5.43 Å². The zero-order valence-corrected chi connectivity index (χ0v) is 17.6. The van der Waals surface area contributed by atoms with Gasteiger partial charge in [0.25, 0.3) is 0 Å². The molecule has 1 N–H and O–H groups in total. The van der Waals surface area contributed by atoms with Crippen LogP contribution in [0.5, 0.6) is 0 Å². The van der Waals surface area contributed by atoms with Crippen molar-refractivity contribution < 1.29 is 4.79 Å². The number of hydrazone groups is 1. The normalized spacial score (nSPS) is 11.3. The molecule has 6 heteroatoms. The van der Waals surface area contributed by atoms with E-state index >= 15 is 0 Å². The Labute approximate surface area is 184 Å². The molecule has 0 atom stereocenters. The standard InChI is InChI=1S/C24H19Cl2N3O/c25-20-11-9-17(10-12-20)13-24(30)28-27-14-19-16-29(23-8-4-2-6-21(19)23)15-18-5-1-3-7-22(18)26/h1-12,14,16H,13,15H2,(H,28,30)/b27-14-. The summed E-state index contributed by atoms with van der Waals surface area (Å²) in [5.41, 5.74) is 6.51. The number of halogens is 2. The summed E-state index contributed by atoms with van der Waals surface area (Å²) >= 11 is 12.2. The summed E-state index contributed by atoms with van der Waals surface area (Å²) in [7, 11) is 0. The Kier molecular flexibility index (Phi) is 6.17. The Bertz CT molecular complexity index is 1210. The molecule has 0 aliphatic rings. The van der Waals surface area contributed by atoms with Gasteiger partial charge in [-0.25, -0.2) is 5.43 Å². The minimum atomic E-state index is -0.187. The number of carbonyl (C=O) groups is 1. The van der Waals surface area contributed by atoms with E-state index < -0.39 is 0 Å². The molecule has 0 saturated carbocycles. The van der Waals surface area contributed by atoms with Crippen LogP contribution in [-0.2, 0) is 17.8 Å². The van der Waals surface area contributed by atoms with Gasteiger partial charge in [0.1, 0.15) is 0 Å². The average Bonchev–Trinajstić information content (AvgIpc) is 3.09. The molecular formula is C24H19Cl2N3O. The van der Waals surface area contributed by atoms with Gasteiger partial charge in [-0.05, 0) is 35.4 Å². The van der Waals surface area contributed by atoms with Crippen LogP contribution in [0.3, 0.4) is 0 Å². The number of benzene rings is 3. The number of nitrogens with one attached hydrogen (secondary N) is 1. The van der Waals surface area contributed by atoms with Crippen LogP contribution in [-0.4, -0.2) is 16.7 Å². The van der Waals surface area contributed by atoms with Gasteiger partial charge in [-0.2, -0.15) is 5.10 Å². The number of aromatic nitrogens is 1. The summed E-state index contributed by atoms with van der Waals surface area (Å²) in [6.07, 6.45) is 3.93. The van der Waals surface area contributed by atoms with Crippen molar-refractivity contribution in [1.82, 2.24) is 9.99 Å². The fourth-order valence-electron chi connectivity index (χ4n) is 3.32. The lowest BCUT2D eigenvalue weighted by atomic mass is 10.1. The fraction of sp³-hybridized carbons (Fsp3) is 0.0833. The largest absolute Gasteiger partial charge is 0.342 e. The predicted octanol–water partition coefficient (Wildman–Crippen LogP) is 5.69. The van der Waals surface area contributed by atoms with Gasteiger partial charge in [-0.15, -0.1) is 0 Å². The molecule has 4 rings (SSSR count). The van der Waals surface area contributed by atoms with Gasteiger partial charge in [-0.1, -0.05) is 71.7 Å². The van der Waals surface area contributed by atoms with E-state index in [1.807, 2.05) is 60.8 Å². The quantitative estimate of drug-likeness (QED) is 0.306. The van der Waals surface area contributed by atoms with Crippen LogP contribution in [0.4, 0.5) is 0 Å². The Hall–Kier alpha value is -3.08. The lowest BCUT2D eigenvalue weighted by molar-refractivity contribution is -0.120. The number of hydrogen-bond acceptors (Lipinski definition) is 2. The van der Waals surface area contributed by atoms with Crippen LogP contribution in [0.1, 0.15) is 16.7 Å². The van der Waals surface area contributed by atoms with E-state index in [0.29, 0.717) is 11.6 Å². The highest BCUT2D eigenvalue weighted by atomic mass is 35.5. The molecule has 150 valence electrons. The molecule has 0 saturated heterocycles. The molecular weight excluding hydrogens is 417 g/mol. The smallest absolute Gasteiger partial charge is 0.244 e. The fourth-order valence-corrected chi connectivity index (χ4v) is 3.64. The number of rotatable bonds is 6. The van der Waals surface area contributed by atoms with E-state index in [1.165, 1.54) is 0 Å². The first-order chi connectivity index (χ1) is 14.6.